The van der Waals surface area contributed by atoms with E-state index in [1.807, 2.05) is 30.5 Å². The summed E-state index contributed by atoms with van der Waals surface area (Å²) in [6.45, 7) is 8.37. The van der Waals surface area contributed by atoms with E-state index in [-0.39, 0.29) is 0 Å². The zero-order chi connectivity index (χ0) is 16.4. The van der Waals surface area contributed by atoms with Gasteiger partial charge in [0.05, 0.1) is 6.21 Å². The van der Waals surface area contributed by atoms with Crippen LogP contribution >= 0.6 is 11.6 Å². The molecule has 1 saturated heterocycles. The van der Waals surface area contributed by atoms with Crippen LogP contribution < -0.4 is 0 Å². The summed E-state index contributed by atoms with van der Waals surface area (Å²) in [6.07, 6.45) is 1.99. The lowest BCUT2D eigenvalue weighted by Crippen LogP contribution is -2.41. The number of benzene rings is 1. The van der Waals surface area contributed by atoms with Crippen molar-refractivity contribution in [2.24, 2.45) is 5.10 Å². The molecule has 0 N–H and O–H groups in total. The molecule has 0 bridgehead atoms. The number of aryl methyl sites for hydroxylation is 1. The molecule has 0 radical (unpaired) electrons. The van der Waals surface area contributed by atoms with Crippen molar-refractivity contribution in [3.63, 3.8) is 0 Å². The lowest BCUT2D eigenvalue weighted by molar-refractivity contribution is 0.159. The van der Waals surface area contributed by atoms with Gasteiger partial charge in [-0.15, -0.1) is 0 Å². The molecule has 0 amide bonds. The number of hydrogen-bond donors (Lipinski definition) is 0. The summed E-state index contributed by atoms with van der Waals surface area (Å²) in [5.74, 6) is 0. The summed E-state index contributed by atoms with van der Waals surface area (Å²) in [5.41, 5.74) is 4.69. The maximum Gasteiger partial charge on any atom is 0.0561 e. The summed E-state index contributed by atoms with van der Waals surface area (Å²) < 4.78 is 2.24. The number of rotatable bonds is 3. The molecule has 4 nitrogen and oxygen atoms in total. The number of nitrogens with zero attached hydrogens (tertiary/aromatic N) is 4. The number of hydrazone groups is 1. The van der Waals surface area contributed by atoms with E-state index in [2.05, 4.69) is 46.5 Å². The van der Waals surface area contributed by atoms with Crippen LogP contribution in [0.5, 0.6) is 0 Å². The van der Waals surface area contributed by atoms with Crippen molar-refractivity contribution in [1.82, 2.24) is 14.5 Å². The fourth-order valence-corrected chi connectivity index (χ4v) is 3.09. The van der Waals surface area contributed by atoms with Crippen molar-refractivity contribution >= 4 is 17.8 Å². The molecule has 0 atom stereocenters. The highest BCUT2D eigenvalue weighted by molar-refractivity contribution is 6.30. The Labute approximate surface area is 143 Å². The van der Waals surface area contributed by atoms with Crippen molar-refractivity contribution in [1.29, 1.82) is 0 Å². The third kappa shape index (κ3) is 3.59. The van der Waals surface area contributed by atoms with E-state index in [4.69, 9.17) is 11.6 Å². The van der Waals surface area contributed by atoms with Crippen LogP contribution in [0, 0.1) is 13.8 Å². The molecule has 1 aliphatic heterocycles. The van der Waals surface area contributed by atoms with Gasteiger partial charge >= 0.3 is 0 Å². The molecule has 2 aromatic rings. The van der Waals surface area contributed by atoms with Gasteiger partial charge in [-0.25, -0.2) is 0 Å². The zero-order valence-corrected chi connectivity index (χ0v) is 14.7. The summed E-state index contributed by atoms with van der Waals surface area (Å²) in [5, 5.41) is 7.56. The number of aromatic nitrogens is 1. The molecule has 1 aliphatic rings. The first kappa shape index (κ1) is 16.1. The quantitative estimate of drug-likeness (QED) is 0.806. The molecule has 122 valence electrons. The van der Waals surface area contributed by atoms with E-state index in [1.165, 1.54) is 11.4 Å². The van der Waals surface area contributed by atoms with Crippen LogP contribution in [0.3, 0.4) is 0 Å². The normalized spacial score (nSPS) is 16.4. The van der Waals surface area contributed by atoms with Crippen LogP contribution in [0.2, 0.25) is 5.02 Å². The second kappa shape index (κ2) is 6.77. The Hall–Kier alpha value is -1.78. The Morgan fingerprint density at radius 3 is 2.35 bits per heavy atom. The van der Waals surface area contributed by atoms with Crippen LogP contribution in [0.1, 0.15) is 17.0 Å². The van der Waals surface area contributed by atoms with Crippen LogP contribution in [0.4, 0.5) is 0 Å². The minimum Gasteiger partial charge on any atom is -0.318 e. The number of halogens is 1. The summed E-state index contributed by atoms with van der Waals surface area (Å²) >= 11 is 5.99. The van der Waals surface area contributed by atoms with Crippen molar-refractivity contribution in [3.05, 3.63) is 52.3 Å². The van der Waals surface area contributed by atoms with Crippen LogP contribution in [0.25, 0.3) is 5.69 Å². The fourth-order valence-electron chi connectivity index (χ4n) is 2.96. The SMILES string of the molecule is Cc1cc(/C=N\N2CCN(C)CC2)c(C)n1-c1ccc(Cl)cc1. The Morgan fingerprint density at radius 1 is 1.04 bits per heavy atom. The third-order valence-corrected chi connectivity index (χ3v) is 4.65. The highest BCUT2D eigenvalue weighted by Crippen LogP contribution is 2.21. The number of hydrogen-bond acceptors (Lipinski definition) is 3. The van der Waals surface area contributed by atoms with E-state index in [0.29, 0.717) is 0 Å². The van der Waals surface area contributed by atoms with Gasteiger partial charge in [0, 0.05) is 53.8 Å². The molecule has 2 heterocycles. The molecule has 3 rings (SSSR count). The van der Waals surface area contributed by atoms with Crippen molar-refractivity contribution < 1.29 is 0 Å². The third-order valence-electron chi connectivity index (χ3n) is 4.39. The van der Waals surface area contributed by atoms with Gasteiger partial charge in [-0.3, -0.25) is 5.01 Å². The molecule has 0 spiro atoms. The van der Waals surface area contributed by atoms with Gasteiger partial charge in [-0.2, -0.15) is 5.10 Å². The van der Waals surface area contributed by atoms with Crippen molar-refractivity contribution in [2.75, 3.05) is 33.2 Å². The standard InChI is InChI=1S/C18H23ClN4/c1-14-12-16(13-20-22-10-8-21(3)9-11-22)15(2)23(14)18-6-4-17(19)5-7-18/h4-7,12-13H,8-11H2,1-3H3/b20-13-. The van der Waals surface area contributed by atoms with Crippen LogP contribution in [-0.4, -0.2) is 53.9 Å². The highest BCUT2D eigenvalue weighted by Gasteiger charge is 2.12. The molecule has 1 aromatic heterocycles. The largest absolute Gasteiger partial charge is 0.318 e. The van der Waals surface area contributed by atoms with E-state index >= 15 is 0 Å². The molecule has 23 heavy (non-hydrogen) atoms. The Kier molecular flexibility index (Phi) is 4.74. The van der Waals surface area contributed by atoms with Gasteiger partial charge in [0.2, 0.25) is 0 Å². The molecular formula is C18H23ClN4. The van der Waals surface area contributed by atoms with Gasteiger partial charge in [0.15, 0.2) is 0 Å². The monoisotopic (exact) mass is 330 g/mol. The molecule has 0 unspecified atom stereocenters. The maximum atomic E-state index is 5.99. The zero-order valence-electron chi connectivity index (χ0n) is 14.0. The molecule has 0 saturated carbocycles. The maximum absolute atomic E-state index is 5.99. The summed E-state index contributed by atoms with van der Waals surface area (Å²) in [7, 11) is 2.15. The summed E-state index contributed by atoms with van der Waals surface area (Å²) in [6, 6.07) is 10.1. The van der Waals surface area contributed by atoms with Gasteiger partial charge in [0.1, 0.15) is 0 Å². The van der Waals surface area contributed by atoms with Crippen molar-refractivity contribution in [3.8, 4) is 5.69 Å². The van der Waals surface area contributed by atoms with E-state index in [9.17, 15) is 0 Å². The fraction of sp³-hybridized carbons (Fsp3) is 0.389. The van der Waals surface area contributed by atoms with Gasteiger partial charge in [0.25, 0.3) is 0 Å². The average molecular weight is 331 g/mol. The predicted octanol–water partition coefficient (Wildman–Crippen LogP) is 3.33. The molecule has 0 aliphatic carbocycles. The van der Waals surface area contributed by atoms with Gasteiger partial charge in [-0.05, 0) is 51.2 Å². The lowest BCUT2D eigenvalue weighted by Gasteiger charge is -2.30. The molecule has 1 aromatic carbocycles. The Balaban J connectivity index is 1.82. The minimum atomic E-state index is 0.757. The van der Waals surface area contributed by atoms with E-state index in [0.717, 1.165) is 42.5 Å². The second-order valence-corrected chi connectivity index (χ2v) is 6.58. The van der Waals surface area contributed by atoms with E-state index in [1.54, 1.807) is 0 Å². The van der Waals surface area contributed by atoms with Gasteiger partial charge in [-0.1, -0.05) is 11.6 Å². The van der Waals surface area contributed by atoms with Gasteiger partial charge < -0.3 is 9.47 Å². The Morgan fingerprint density at radius 2 is 1.70 bits per heavy atom. The first-order chi connectivity index (χ1) is 11.0. The first-order valence-electron chi connectivity index (χ1n) is 7.97. The topological polar surface area (TPSA) is 23.8 Å². The van der Waals surface area contributed by atoms with E-state index < -0.39 is 0 Å². The second-order valence-electron chi connectivity index (χ2n) is 6.14. The smallest absolute Gasteiger partial charge is 0.0561 e. The number of piperazine rings is 1. The first-order valence-corrected chi connectivity index (χ1v) is 8.35. The lowest BCUT2D eigenvalue weighted by atomic mass is 10.2. The molecular weight excluding hydrogens is 308 g/mol. The minimum absolute atomic E-state index is 0.757. The van der Waals surface area contributed by atoms with Crippen LogP contribution in [0.15, 0.2) is 35.4 Å². The molecule has 1 fully saturated rings. The highest BCUT2D eigenvalue weighted by atomic mass is 35.5. The predicted molar refractivity (Wildman–Crippen MR) is 96.9 cm³/mol. The van der Waals surface area contributed by atoms with Crippen molar-refractivity contribution in [2.45, 2.75) is 13.8 Å². The Bertz CT molecular complexity index is 695. The average Bonchev–Trinajstić information content (AvgIpc) is 2.82. The van der Waals surface area contributed by atoms with Crippen LogP contribution in [-0.2, 0) is 0 Å². The summed E-state index contributed by atoms with van der Waals surface area (Å²) in [4.78, 5) is 2.33. The number of likely N-dealkylation sites (N-methyl/N-ethyl adjacent to an activating group) is 1. The molecule has 5 heteroatoms.